The lowest BCUT2D eigenvalue weighted by Gasteiger charge is -2.30. The van der Waals surface area contributed by atoms with Crippen molar-refractivity contribution in [2.75, 3.05) is 40.4 Å². The van der Waals surface area contributed by atoms with Crippen molar-refractivity contribution in [1.82, 2.24) is 15.5 Å². The molecule has 0 amide bonds. The first-order valence-corrected chi connectivity index (χ1v) is 7.22. The van der Waals surface area contributed by atoms with E-state index in [0.29, 0.717) is 18.7 Å². The zero-order chi connectivity index (χ0) is 14.7. The van der Waals surface area contributed by atoms with Crippen LogP contribution in [-0.2, 0) is 4.74 Å². The van der Waals surface area contributed by atoms with E-state index in [9.17, 15) is 0 Å². The molecule has 0 spiro atoms. The molecule has 0 saturated carbocycles. The van der Waals surface area contributed by atoms with Gasteiger partial charge in [-0.3, -0.25) is 9.89 Å². The number of methoxy groups -OCH3 is 1. The summed E-state index contributed by atoms with van der Waals surface area (Å²) in [5.41, 5.74) is 0. The van der Waals surface area contributed by atoms with Gasteiger partial charge in [0, 0.05) is 45.9 Å². The normalized spacial score (nSPS) is 11.9. The van der Waals surface area contributed by atoms with Gasteiger partial charge < -0.3 is 15.4 Å². The van der Waals surface area contributed by atoms with Gasteiger partial charge in [-0.05, 0) is 34.1 Å². The number of hydrogen-bond acceptors (Lipinski definition) is 3. The largest absolute Gasteiger partial charge is 0.383 e. The number of rotatable bonds is 9. The molecular formula is C14H33IN4O. The molecule has 0 radical (unpaired) electrons. The maximum atomic E-state index is 4.99. The van der Waals surface area contributed by atoms with Crippen LogP contribution in [0.25, 0.3) is 0 Å². The summed E-state index contributed by atoms with van der Waals surface area (Å²) < 4.78 is 4.99. The molecule has 0 fully saturated rings. The second-order valence-corrected chi connectivity index (χ2v) is 5.20. The molecule has 6 heteroatoms. The maximum absolute atomic E-state index is 4.99. The van der Waals surface area contributed by atoms with Gasteiger partial charge in [-0.1, -0.05) is 0 Å². The molecule has 0 aromatic rings. The molecule has 0 aliphatic heterocycles. The smallest absolute Gasteiger partial charge is 0.191 e. The fourth-order valence-electron chi connectivity index (χ4n) is 2.07. The van der Waals surface area contributed by atoms with Crippen LogP contribution < -0.4 is 10.6 Å². The van der Waals surface area contributed by atoms with Gasteiger partial charge in [0.25, 0.3) is 0 Å². The van der Waals surface area contributed by atoms with Crippen LogP contribution in [0.3, 0.4) is 0 Å². The van der Waals surface area contributed by atoms with Crippen molar-refractivity contribution in [2.45, 2.75) is 46.2 Å². The predicted molar refractivity (Wildman–Crippen MR) is 98.3 cm³/mol. The van der Waals surface area contributed by atoms with E-state index in [-0.39, 0.29) is 24.0 Å². The van der Waals surface area contributed by atoms with E-state index < -0.39 is 0 Å². The summed E-state index contributed by atoms with van der Waals surface area (Å²) in [6.07, 6.45) is 1.11. The average Bonchev–Trinajstić information content (AvgIpc) is 2.35. The van der Waals surface area contributed by atoms with Crippen LogP contribution in [0.2, 0.25) is 0 Å². The molecule has 0 saturated heterocycles. The highest BCUT2D eigenvalue weighted by atomic mass is 127. The number of guanidine groups is 1. The zero-order valence-corrected chi connectivity index (χ0v) is 16.2. The molecule has 122 valence electrons. The van der Waals surface area contributed by atoms with Gasteiger partial charge >= 0.3 is 0 Å². The molecule has 0 aliphatic rings. The Hall–Kier alpha value is -0.0800. The van der Waals surface area contributed by atoms with Crippen molar-refractivity contribution in [1.29, 1.82) is 0 Å². The van der Waals surface area contributed by atoms with Gasteiger partial charge in [0.15, 0.2) is 5.96 Å². The highest BCUT2D eigenvalue weighted by Gasteiger charge is 2.12. The Morgan fingerprint density at radius 3 is 2.10 bits per heavy atom. The lowest BCUT2D eigenvalue weighted by molar-refractivity contribution is 0.173. The second-order valence-electron chi connectivity index (χ2n) is 5.20. The zero-order valence-electron chi connectivity index (χ0n) is 13.9. The van der Waals surface area contributed by atoms with Crippen LogP contribution in [0.4, 0.5) is 0 Å². The minimum Gasteiger partial charge on any atom is -0.383 e. The van der Waals surface area contributed by atoms with Crippen molar-refractivity contribution in [3.63, 3.8) is 0 Å². The maximum Gasteiger partial charge on any atom is 0.191 e. The fraction of sp³-hybridized carbons (Fsp3) is 0.929. The minimum absolute atomic E-state index is 0. The molecule has 0 aliphatic carbocycles. The van der Waals surface area contributed by atoms with Gasteiger partial charge in [0.05, 0.1) is 6.61 Å². The Morgan fingerprint density at radius 2 is 1.65 bits per heavy atom. The lowest BCUT2D eigenvalue weighted by atomic mass is 10.2. The minimum atomic E-state index is 0. The van der Waals surface area contributed by atoms with Crippen molar-refractivity contribution in [3.05, 3.63) is 0 Å². The number of aliphatic imine (C=N–C) groups is 1. The van der Waals surface area contributed by atoms with Gasteiger partial charge in [-0.2, -0.15) is 0 Å². The van der Waals surface area contributed by atoms with Crippen molar-refractivity contribution in [3.8, 4) is 0 Å². The molecule has 0 heterocycles. The van der Waals surface area contributed by atoms with E-state index in [2.05, 4.69) is 48.2 Å². The number of halogens is 1. The Labute approximate surface area is 141 Å². The summed E-state index contributed by atoms with van der Waals surface area (Å²) in [6, 6.07) is 1.19. The monoisotopic (exact) mass is 400 g/mol. The summed E-state index contributed by atoms with van der Waals surface area (Å²) in [4.78, 5) is 6.67. The van der Waals surface area contributed by atoms with E-state index in [1.807, 2.05) is 0 Å². The third kappa shape index (κ3) is 10.7. The number of ether oxygens (including phenoxy) is 1. The summed E-state index contributed by atoms with van der Waals surface area (Å²) >= 11 is 0. The Balaban J connectivity index is 0. The summed E-state index contributed by atoms with van der Waals surface area (Å²) in [7, 11) is 3.49. The average molecular weight is 400 g/mol. The van der Waals surface area contributed by atoms with Crippen molar-refractivity contribution in [2.24, 2.45) is 4.99 Å². The highest BCUT2D eigenvalue weighted by molar-refractivity contribution is 14.0. The first-order chi connectivity index (χ1) is 9.02. The second kappa shape index (κ2) is 13.9. The third-order valence-electron chi connectivity index (χ3n) is 3.03. The number of nitrogens with zero attached hydrogens (tertiary/aromatic N) is 2. The van der Waals surface area contributed by atoms with E-state index in [4.69, 9.17) is 4.74 Å². The Bertz CT molecular complexity index is 239. The molecule has 0 aromatic heterocycles. The fourth-order valence-corrected chi connectivity index (χ4v) is 2.07. The Kier molecular flexibility index (Phi) is 15.4. The summed E-state index contributed by atoms with van der Waals surface area (Å²) in [6.45, 7) is 12.5. The van der Waals surface area contributed by atoms with E-state index >= 15 is 0 Å². The van der Waals surface area contributed by atoms with Crippen LogP contribution in [0, 0.1) is 0 Å². The third-order valence-corrected chi connectivity index (χ3v) is 3.03. The van der Waals surface area contributed by atoms with Gasteiger partial charge in [-0.15, -0.1) is 24.0 Å². The molecule has 0 aromatic carbocycles. The Morgan fingerprint density at radius 1 is 1.10 bits per heavy atom. The molecule has 0 atom stereocenters. The topological polar surface area (TPSA) is 48.9 Å². The van der Waals surface area contributed by atoms with Gasteiger partial charge in [0.1, 0.15) is 0 Å². The quantitative estimate of drug-likeness (QED) is 0.269. The summed E-state index contributed by atoms with van der Waals surface area (Å²) in [5, 5.41) is 6.52. The van der Waals surface area contributed by atoms with Crippen molar-refractivity contribution < 1.29 is 4.74 Å². The number of nitrogens with one attached hydrogen (secondary N) is 2. The first-order valence-electron chi connectivity index (χ1n) is 7.22. The van der Waals surface area contributed by atoms with Crippen molar-refractivity contribution >= 4 is 29.9 Å². The molecule has 0 rings (SSSR count). The van der Waals surface area contributed by atoms with Gasteiger partial charge in [0.2, 0.25) is 0 Å². The molecule has 2 N–H and O–H groups in total. The van der Waals surface area contributed by atoms with Crippen LogP contribution in [0.15, 0.2) is 4.99 Å². The SMILES string of the molecule is CN=C(NCCCN(C(C)C)C(C)C)NCCOC.I. The van der Waals surface area contributed by atoms with Crippen LogP contribution >= 0.6 is 24.0 Å². The predicted octanol–water partition coefficient (Wildman–Crippen LogP) is 1.92. The molecule has 0 unspecified atom stereocenters. The first kappa shape index (κ1) is 22.2. The van der Waals surface area contributed by atoms with Crippen LogP contribution in [-0.4, -0.2) is 63.3 Å². The van der Waals surface area contributed by atoms with E-state index in [1.54, 1.807) is 14.2 Å². The van der Waals surface area contributed by atoms with Crippen LogP contribution in [0.5, 0.6) is 0 Å². The molecule has 5 nitrogen and oxygen atoms in total. The summed E-state index contributed by atoms with van der Waals surface area (Å²) in [5.74, 6) is 0.845. The van der Waals surface area contributed by atoms with E-state index in [0.717, 1.165) is 32.0 Å². The highest BCUT2D eigenvalue weighted by Crippen LogP contribution is 2.05. The lowest BCUT2D eigenvalue weighted by Crippen LogP contribution is -2.42. The molecule has 0 bridgehead atoms. The number of hydrogen-bond donors (Lipinski definition) is 2. The van der Waals surface area contributed by atoms with E-state index in [1.165, 1.54) is 0 Å². The van der Waals surface area contributed by atoms with Gasteiger partial charge in [-0.25, -0.2) is 0 Å². The molecule has 20 heavy (non-hydrogen) atoms. The van der Waals surface area contributed by atoms with Crippen LogP contribution in [0.1, 0.15) is 34.1 Å². The standard InChI is InChI=1S/C14H32N4O.HI/c1-12(2)18(13(3)4)10-7-8-16-14(15-5)17-9-11-19-6;/h12-13H,7-11H2,1-6H3,(H2,15,16,17);1H. The molecular weight excluding hydrogens is 367 g/mol.